The first-order valence-corrected chi connectivity index (χ1v) is 4.58. The summed E-state index contributed by atoms with van der Waals surface area (Å²) in [5.41, 5.74) is 0. The van der Waals surface area contributed by atoms with E-state index in [0.29, 0.717) is 5.92 Å². The molecule has 3 rings (SSSR count). The summed E-state index contributed by atoms with van der Waals surface area (Å²) in [4.78, 5) is 0. The van der Waals surface area contributed by atoms with Crippen LogP contribution in [-0.2, 0) is 13.0 Å². The summed E-state index contributed by atoms with van der Waals surface area (Å²) in [6, 6.07) is 0. The number of aryl methyl sites for hydroxylation is 1. The van der Waals surface area contributed by atoms with Crippen LogP contribution >= 0.6 is 0 Å². The standard InChI is InChI=1S/C8H12N4/c1-2-7-10-11-8(12(7)3-1)6-4-9-5-6/h6,9H,1-5H2. The maximum atomic E-state index is 4.23. The van der Waals surface area contributed by atoms with Crippen molar-refractivity contribution in [3.63, 3.8) is 0 Å². The molecule has 1 N–H and O–H groups in total. The second-order valence-electron chi connectivity index (χ2n) is 3.58. The number of fused-ring (bicyclic) bond motifs is 1. The summed E-state index contributed by atoms with van der Waals surface area (Å²) in [7, 11) is 0. The lowest BCUT2D eigenvalue weighted by molar-refractivity contribution is 0.415. The van der Waals surface area contributed by atoms with Crippen molar-refractivity contribution >= 4 is 0 Å². The van der Waals surface area contributed by atoms with Crippen LogP contribution in [0.3, 0.4) is 0 Å². The van der Waals surface area contributed by atoms with Crippen LogP contribution in [0.2, 0.25) is 0 Å². The Balaban J connectivity index is 1.99. The van der Waals surface area contributed by atoms with E-state index < -0.39 is 0 Å². The normalized spacial score (nSPS) is 22.3. The molecule has 1 fully saturated rings. The van der Waals surface area contributed by atoms with Crippen molar-refractivity contribution < 1.29 is 0 Å². The van der Waals surface area contributed by atoms with E-state index in [1.165, 1.54) is 18.1 Å². The van der Waals surface area contributed by atoms with Gasteiger partial charge in [-0.15, -0.1) is 10.2 Å². The van der Waals surface area contributed by atoms with Crippen molar-refractivity contribution in [3.05, 3.63) is 11.6 Å². The summed E-state index contributed by atoms with van der Waals surface area (Å²) in [5.74, 6) is 3.03. The van der Waals surface area contributed by atoms with E-state index in [-0.39, 0.29) is 0 Å². The molecule has 0 atom stereocenters. The first-order valence-electron chi connectivity index (χ1n) is 4.58. The van der Waals surface area contributed by atoms with Crippen molar-refractivity contribution in [1.29, 1.82) is 0 Å². The third kappa shape index (κ3) is 0.756. The minimum absolute atomic E-state index is 0.629. The van der Waals surface area contributed by atoms with Gasteiger partial charge in [0.05, 0.1) is 0 Å². The number of aromatic nitrogens is 3. The van der Waals surface area contributed by atoms with Gasteiger partial charge in [-0.3, -0.25) is 0 Å². The molecule has 0 saturated carbocycles. The maximum absolute atomic E-state index is 4.23. The third-order valence-electron chi connectivity index (χ3n) is 2.78. The predicted octanol–water partition coefficient (Wildman–Crippen LogP) is -0.0889. The number of nitrogens with zero attached hydrogens (tertiary/aromatic N) is 3. The molecule has 1 aromatic heterocycles. The van der Waals surface area contributed by atoms with Crippen LogP contribution in [-0.4, -0.2) is 27.9 Å². The Kier molecular flexibility index (Phi) is 1.26. The lowest BCUT2D eigenvalue weighted by atomic mass is 10.0. The van der Waals surface area contributed by atoms with Gasteiger partial charge >= 0.3 is 0 Å². The van der Waals surface area contributed by atoms with Gasteiger partial charge in [0, 0.05) is 32.0 Å². The number of hydrogen-bond donors (Lipinski definition) is 1. The van der Waals surface area contributed by atoms with Gasteiger partial charge in [-0.25, -0.2) is 0 Å². The van der Waals surface area contributed by atoms with Crippen LogP contribution in [0.5, 0.6) is 0 Å². The SMILES string of the molecule is C1Cc2nnc(C3CNC3)n2C1. The quantitative estimate of drug-likeness (QED) is 0.631. The highest BCUT2D eigenvalue weighted by atomic mass is 15.3. The molecule has 0 aliphatic carbocycles. The van der Waals surface area contributed by atoms with Gasteiger partial charge in [0.15, 0.2) is 0 Å². The molecule has 4 heteroatoms. The Hall–Kier alpha value is -0.900. The molecule has 0 spiro atoms. The fourth-order valence-corrected chi connectivity index (χ4v) is 1.95. The van der Waals surface area contributed by atoms with Crippen LogP contribution < -0.4 is 5.32 Å². The molecule has 3 heterocycles. The fraction of sp³-hybridized carbons (Fsp3) is 0.750. The van der Waals surface area contributed by atoms with Gasteiger partial charge in [0.25, 0.3) is 0 Å². The molecule has 4 nitrogen and oxygen atoms in total. The van der Waals surface area contributed by atoms with E-state index in [9.17, 15) is 0 Å². The molecule has 0 unspecified atom stereocenters. The highest BCUT2D eigenvalue weighted by Crippen LogP contribution is 2.22. The summed E-state index contributed by atoms with van der Waals surface area (Å²) >= 11 is 0. The van der Waals surface area contributed by atoms with Crippen molar-refractivity contribution in [2.24, 2.45) is 0 Å². The highest BCUT2D eigenvalue weighted by molar-refractivity contribution is 5.09. The molecule has 64 valence electrons. The van der Waals surface area contributed by atoms with E-state index in [0.717, 1.165) is 26.1 Å². The minimum atomic E-state index is 0.629. The summed E-state index contributed by atoms with van der Waals surface area (Å²) < 4.78 is 2.30. The van der Waals surface area contributed by atoms with Gasteiger partial charge in [-0.2, -0.15) is 0 Å². The van der Waals surface area contributed by atoms with Crippen molar-refractivity contribution in [2.75, 3.05) is 13.1 Å². The van der Waals surface area contributed by atoms with Crippen LogP contribution in [0.4, 0.5) is 0 Å². The fourth-order valence-electron chi connectivity index (χ4n) is 1.95. The van der Waals surface area contributed by atoms with E-state index in [1.54, 1.807) is 0 Å². The zero-order chi connectivity index (χ0) is 7.97. The van der Waals surface area contributed by atoms with E-state index in [4.69, 9.17) is 0 Å². The summed E-state index contributed by atoms with van der Waals surface area (Å²) in [6.07, 6.45) is 2.37. The molecule has 0 bridgehead atoms. The Morgan fingerprint density at radius 1 is 1.33 bits per heavy atom. The van der Waals surface area contributed by atoms with Crippen LogP contribution in [0, 0.1) is 0 Å². The van der Waals surface area contributed by atoms with Crippen LogP contribution in [0.15, 0.2) is 0 Å². The molecule has 0 amide bonds. The zero-order valence-electron chi connectivity index (χ0n) is 6.95. The third-order valence-corrected chi connectivity index (χ3v) is 2.78. The Morgan fingerprint density at radius 3 is 3.00 bits per heavy atom. The van der Waals surface area contributed by atoms with Gasteiger partial charge in [0.2, 0.25) is 0 Å². The van der Waals surface area contributed by atoms with E-state index in [1.807, 2.05) is 0 Å². The van der Waals surface area contributed by atoms with Crippen molar-refractivity contribution in [1.82, 2.24) is 20.1 Å². The first-order chi connectivity index (χ1) is 5.95. The molecule has 2 aliphatic rings. The molecule has 0 radical (unpaired) electrons. The highest BCUT2D eigenvalue weighted by Gasteiger charge is 2.27. The molecule has 2 aliphatic heterocycles. The van der Waals surface area contributed by atoms with Crippen LogP contribution in [0.25, 0.3) is 0 Å². The molecular weight excluding hydrogens is 152 g/mol. The summed E-state index contributed by atoms with van der Waals surface area (Å²) in [5, 5.41) is 11.7. The molecule has 1 aromatic rings. The number of hydrogen-bond acceptors (Lipinski definition) is 3. The number of nitrogens with one attached hydrogen (secondary N) is 1. The Morgan fingerprint density at radius 2 is 2.25 bits per heavy atom. The molecule has 0 aromatic carbocycles. The average molecular weight is 164 g/mol. The van der Waals surface area contributed by atoms with Crippen LogP contribution in [0.1, 0.15) is 24.0 Å². The van der Waals surface area contributed by atoms with Gasteiger partial charge in [-0.1, -0.05) is 0 Å². The van der Waals surface area contributed by atoms with E-state index in [2.05, 4.69) is 20.1 Å². The zero-order valence-corrected chi connectivity index (χ0v) is 6.95. The van der Waals surface area contributed by atoms with E-state index >= 15 is 0 Å². The average Bonchev–Trinajstić information content (AvgIpc) is 2.48. The smallest absolute Gasteiger partial charge is 0.138 e. The predicted molar refractivity (Wildman–Crippen MR) is 44.0 cm³/mol. The minimum Gasteiger partial charge on any atom is -0.315 e. The number of rotatable bonds is 1. The lowest BCUT2D eigenvalue weighted by Gasteiger charge is -2.26. The van der Waals surface area contributed by atoms with Crippen molar-refractivity contribution in [3.8, 4) is 0 Å². The largest absolute Gasteiger partial charge is 0.315 e. The topological polar surface area (TPSA) is 42.7 Å². The Bertz CT molecular complexity index is 300. The molecular formula is C8H12N4. The van der Waals surface area contributed by atoms with Gasteiger partial charge in [0.1, 0.15) is 11.6 Å². The second kappa shape index (κ2) is 2.29. The monoisotopic (exact) mass is 164 g/mol. The molecule has 1 saturated heterocycles. The van der Waals surface area contributed by atoms with Crippen molar-refractivity contribution in [2.45, 2.75) is 25.3 Å². The Labute approximate surface area is 71.0 Å². The lowest BCUT2D eigenvalue weighted by Crippen LogP contribution is -2.41. The first kappa shape index (κ1) is 6.60. The van der Waals surface area contributed by atoms with Gasteiger partial charge in [-0.05, 0) is 6.42 Å². The second-order valence-corrected chi connectivity index (χ2v) is 3.58. The molecule has 12 heavy (non-hydrogen) atoms. The maximum Gasteiger partial charge on any atom is 0.138 e. The summed E-state index contributed by atoms with van der Waals surface area (Å²) in [6.45, 7) is 3.30. The van der Waals surface area contributed by atoms with Gasteiger partial charge < -0.3 is 9.88 Å².